The lowest BCUT2D eigenvalue weighted by molar-refractivity contribution is 0.843. The molecule has 0 spiro atoms. The van der Waals surface area contributed by atoms with Crippen LogP contribution in [-0.2, 0) is 12.8 Å². The molecule has 20 heavy (non-hydrogen) atoms. The summed E-state index contributed by atoms with van der Waals surface area (Å²) in [5.74, 6) is 0. The molecule has 0 radical (unpaired) electrons. The van der Waals surface area contributed by atoms with E-state index < -0.39 is 0 Å². The lowest BCUT2D eigenvalue weighted by Gasteiger charge is -2.09. The summed E-state index contributed by atoms with van der Waals surface area (Å²) >= 11 is 1.94. The Labute approximate surface area is 123 Å². The number of aryl methyl sites for hydroxylation is 1. The zero-order valence-electron chi connectivity index (χ0n) is 11.5. The van der Waals surface area contributed by atoms with E-state index >= 15 is 0 Å². The van der Waals surface area contributed by atoms with E-state index in [4.69, 9.17) is 0 Å². The Morgan fingerprint density at radius 1 is 1.10 bits per heavy atom. The molecule has 2 heteroatoms. The van der Waals surface area contributed by atoms with Gasteiger partial charge in [0.15, 0.2) is 0 Å². The van der Waals surface area contributed by atoms with Crippen molar-refractivity contribution in [3.63, 3.8) is 0 Å². The molecule has 0 bridgehead atoms. The Morgan fingerprint density at radius 2 is 2.00 bits per heavy atom. The van der Waals surface area contributed by atoms with Crippen LogP contribution in [0.25, 0.3) is 10.8 Å². The van der Waals surface area contributed by atoms with Gasteiger partial charge in [-0.2, -0.15) is 0 Å². The first-order valence-electron chi connectivity index (χ1n) is 7.21. The van der Waals surface area contributed by atoms with Crippen LogP contribution in [0.4, 0.5) is 5.69 Å². The quantitative estimate of drug-likeness (QED) is 0.682. The third-order valence-corrected chi connectivity index (χ3v) is 5.48. The largest absolute Gasteiger partial charge is 0.376 e. The fraction of sp³-hybridized carbons (Fsp3) is 0.222. The number of thiophene rings is 1. The molecule has 0 fully saturated rings. The number of hydrogen-bond donors (Lipinski definition) is 1. The third-order valence-electron chi connectivity index (χ3n) is 4.13. The molecule has 1 aliphatic heterocycles. The summed E-state index contributed by atoms with van der Waals surface area (Å²) in [6, 6.07) is 18.1. The Morgan fingerprint density at radius 3 is 2.85 bits per heavy atom. The summed E-state index contributed by atoms with van der Waals surface area (Å²) in [4.78, 5) is 2.93. The maximum absolute atomic E-state index is 3.74. The van der Waals surface area contributed by atoms with E-state index in [1.807, 2.05) is 11.3 Å². The van der Waals surface area contributed by atoms with E-state index in [1.54, 1.807) is 0 Å². The molecule has 3 aromatic rings. The molecule has 1 atom stereocenters. The van der Waals surface area contributed by atoms with Gasteiger partial charge >= 0.3 is 0 Å². The van der Waals surface area contributed by atoms with Gasteiger partial charge in [-0.25, -0.2) is 0 Å². The second-order valence-electron chi connectivity index (χ2n) is 5.38. The van der Waals surface area contributed by atoms with Crippen molar-refractivity contribution in [3.05, 3.63) is 63.8 Å². The van der Waals surface area contributed by atoms with Gasteiger partial charge in [-0.05, 0) is 35.9 Å². The van der Waals surface area contributed by atoms with Gasteiger partial charge in [0.1, 0.15) is 0 Å². The molecule has 0 saturated heterocycles. The highest BCUT2D eigenvalue weighted by molar-refractivity contribution is 7.12. The summed E-state index contributed by atoms with van der Waals surface area (Å²) < 4.78 is 0. The van der Waals surface area contributed by atoms with Gasteiger partial charge in [0.25, 0.3) is 0 Å². The van der Waals surface area contributed by atoms with E-state index in [0.717, 1.165) is 12.8 Å². The van der Waals surface area contributed by atoms with Gasteiger partial charge in [-0.1, -0.05) is 43.3 Å². The predicted octanol–water partition coefficient (Wildman–Crippen LogP) is 5.17. The first-order chi connectivity index (χ1) is 9.85. The van der Waals surface area contributed by atoms with Gasteiger partial charge in [0.2, 0.25) is 0 Å². The van der Waals surface area contributed by atoms with E-state index in [0.29, 0.717) is 6.04 Å². The predicted molar refractivity (Wildman–Crippen MR) is 87.7 cm³/mol. The minimum absolute atomic E-state index is 0.445. The summed E-state index contributed by atoms with van der Waals surface area (Å²) in [5.41, 5.74) is 2.78. The minimum atomic E-state index is 0.445. The SMILES string of the molecule is CCc1ccc(C2Cc3ccc4ccccc4c3N2)s1. The van der Waals surface area contributed by atoms with Gasteiger partial charge in [0.05, 0.1) is 6.04 Å². The fourth-order valence-corrected chi connectivity index (χ4v) is 4.05. The van der Waals surface area contributed by atoms with Crippen molar-refractivity contribution in [2.24, 2.45) is 0 Å². The van der Waals surface area contributed by atoms with Crippen LogP contribution in [0, 0.1) is 0 Å². The second-order valence-corrected chi connectivity index (χ2v) is 6.58. The van der Waals surface area contributed by atoms with Crippen molar-refractivity contribution >= 4 is 27.8 Å². The zero-order chi connectivity index (χ0) is 13.5. The number of hydrogen-bond acceptors (Lipinski definition) is 2. The van der Waals surface area contributed by atoms with Gasteiger partial charge in [-0.3, -0.25) is 0 Å². The van der Waals surface area contributed by atoms with Crippen LogP contribution in [0.2, 0.25) is 0 Å². The van der Waals surface area contributed by atoms with Crippen LogP contribution >= 0.6 is 11.3 Å². The summed E-state index contributed by atoms with van der Waals surface area (Å²) in [6.07, 6.45) is 2.23. The van der Waals surface area contributed by atoms with Crippen LogP contribution in [0.15, 0.2) is 48.5 Å². The first kappa shape index (κ1) is 12.0. The number of anilines is 1. The maximum Gasteiger partial charge on any atom is 0.0648 e. The Hall–Kier alpha value is -1.80. The van der Waals surface area contributed by atoms with Crippen molar-refractivity contribution in [3.8, 4) is 0 Å². The number of nitrogens with one attached hydrogen (secondary N) is 1. The highest BCUT2D eigenvalue weighted by atomic mass is 32.1. The lowest BCUT2D eigenvalue weighted by atomic mass is 10.0. The summed E-state index contributed by atoms with van der Waals surface area (Å²) in [7, 11) is 0. The van der Waals surface area contributed by atoms with Crippen LogP contribution in [0.3, 0.4) is 0 Å². The molecular formula is C18H17NS. The second kappa shape index (κ2) is 4.64. The highest BCUT2D eigenvalue weighted by Crippen LogP contribution is 2.40. The molecule has 1 nitrogen and oxygen atoms in total. The third kappa shape index (κ3) is 1.83. The van der Waals surface area contributed by atoms with Crippen molar-refractivity contribution in [1.29, 1.82) is 0 Å². The maximum atomic E-state index is 3.74. The monoisotopic (exact) mass is 279 g/mol. The normalized spacial score (nSPS) is 17.1. The molecule has 2 aromatic carbocycles. The Kier molecular flexibility index (Phi) is 2.78. The molecule has 100 valence electrons. The smallest absolute Gasteiger partial charge is 0.0648 e. The first-order valence-corrected chi connectivity index (χ1v) is 8.02. The van der Waals surface area contributed by atoms with E-state index in [9.17, 15) is 0 Å². The van der Waals surface area contributed by atoms with E-state index in [1.165, 1.54) is 31.8 Å². The zero-order valence-corrected chi connectivity index (χ0v) is 12.3. The molecular weight excluding hydrogens is 262 g/mol. The van der Waals surface area contributed by atoms with Crippen molar-refractivity contribution in [2.45, 2.75) is 25.8 Å². The van der Waals surface area contributed by atoms with Crippen LogP contribution in [-0.4, -0.2) is 0 Å². The average molecular weight is 279 g/mol. The molecule has 1 unspecified atom stereocenters. The van der Waals surface area contributed by atoms with Crippen molar-refractivity contribution in [2.75, 3.05) is 5.32 Å². The molecule has 4 rings (SSSR count). The van der Waals surface area contributed by atoms with Crippen molar-refractivity contribution in [1.82, 2.24) is 0 Å². The van der Waals surface area contributed by atoms with Crippen LogP contribution < -0.4 is 5.32 Å². The van der Waals surface area contributed by atoms with E-state index in [2.05, 4.69) is 60.8 Å². The number of fused-ring (bicyclic) bond motifs is 3. The highest BCUT2D eigenvalue weighted by Gasteiger charge is 2.24. The molecule has 0 aliphatic carbocycles. The lowest BCUT2D eigenvalue weighted by Crippen LogP contribution is -2.03. The molecule has 0 amide bonds. The van der Waals surface area contributed by atoms with Gasteiger partial charge in [-0.15, -0.1) is 11.3 Å². The standard InChI is InChI=1S/C18H17NS/c1-2-14-9-10-17(20-14)16-11-13-8-7-12-5-3-4-6-15(12)18(13)19-16/h3-10,16,19H,2,11H2,1H3. The average Bonchev–Trinajstić information content (AvgIpc) is 3.13. The molecule has 1 aliphatic rings. The minimum Gasteiger partial charge on any atom is -0.376 e. The molecule has 1 aromatic heterocycles. The topological polar surface area (TPSA) is 12.0 Å². The Bertz CT molecular complexity index is 772. The van der Waals surface area contributed by atoms with Crippen LogP contribution in [0.5, 0.6) is 0 Å². The molecule has 1 N–H and O–H groups in total. The summed E-state index contributed by atoms with van der Waals surface area (Å²) in [5, 5.41) is 6.41. The number of benzene rings is 2. The Balaban J connectivity index is 1.74. The summed E-state index contributed by atoms with van der Waals surface area (Å²) in [6.45, 7) is 2.22. The molecule has 2 heterocycles. The van der Waals surface area contributed by atoms with Crippen LogP contribution in [0.1, 0.15) is 28.3 Å². The van der Waals surface area contributed by atoms with Gasteiger partial charge < -0.3 is 5.32 Å². The number of rotatable bonds is 2. The van der Waals surface area contributed by atoms with Crippen molar-refractivity contribution < 1.29 is 0 Å². The van der Waals surface area contributed by atoms with Gasteiger partial charge in [0, 0.05) is 20.8 Å². The van der Waals surface area contributed by atoms with E-state index in [-0.39, 0.29) is 0 Å². The fourth-order valence-electron chi connectivity index (χ4n) is 3.05. The molecule has 0 saturated carbocycles.